The molecule has 30 heavy (non-hydrogen) atoms. The molecule has 6 nitrogen and oxygen atoms in total. The van der Waals surface area contributed by atoms with Crippen molar-refractivity contribution in [3.05, 3.63) is 47.3 Å². The van der Waals surface area contributed by atoms with Crippen LogP contribution in [-0.4, -0.2) is 25.5 Å². The molecule has 4 rings (SSSR count). The van der Waals surface area contributed by atoms with Gasteiger partial charge in [0.15, 0.2) is 11.6 Å². The number of Topliss-reactive ketones (excluding diaryl/α,β-unsaturated/α-hetero) is 1. The summed E-state index contributed by atoms with van der Waals surface area (Å²) in [4.78, 5) is 20.9. The van der Waals surface area contributed by atoms with Crippen LogP contribution in [-0.2, 0) is 6.54 Å². The fourth-order valence-electron chi connectivity index (χ4n) is 4.62. The van der Waals surface area contributed by atoms with Crippen LogP contribution in [0.5, 0.6) is 0 Å². The number of rotatable bonds is 6. The van der Waals surface area contributed by atoms with Gasteiger partial charge in [0.25, 0.3) is 0 Å². The number of aromatic amines is 1. The van der Waals surface area contributed by atoms with Crippen LogP contribution in [0.3, 0.4) is 0 Å². The van der Waals surface area contributed by atoms with Crippen molar-refractivity contribution in [1.82, 2.24) is 19.7 Å². The molecule has 1 aliphatic carbocycles. The molecule has 2 aromatic heterocycles. The Bertz CT molecular complexity index is 1100. The lowest BCUT2D eigenvalue weighted by Crippen LogP contribution is -2.23. The Kier molecular flexibility index (Phi) is 5.67. The van der Waals surface area contributed by atoms with Gasteiger partial charge in [-0.25, -0.2) is 9.37 Å². The number of aryl methyl sites for hydroxylation is 1. The number of carbonyl (C=O) groups is 1. The number of H-pyrrole nitrogens is 1. The Morgan fingerprint density at radius 3 is 2.80 bits per heavy atom. The Balaban J connectivity index is 1.70. The number of nitriles is 1. The number of ketones is 1. The van der Waals surface area contributed by atoms with Crippen molar-refractivity contribution < 1.29 is 9.18 Å². The SMILES string of the molecule is CCn1nccc1C(=O)C[C@H](c1nc2c(F)c(C#N)ccc2[nH]1)C1CCC(C)CC1. The summed E-state index contributed by atoms with van der Waals surface area (Å²) in [7, 11) is 0. The number of carbonyl (C=O) groups excluding carboxylic acids is 1. The number of nitrogens with one attached hydrogen (secondary N) is 1. The molecule has 0 aliphatic heterocycles. The molecule has 1 aromatic carbocycles. The van der Waals surface area contributed by atoms with Gasteiger partial charge < -0.3 is 4.98 Å². The summed E-state index contributed by atoms with van der Waals surface area (Å²) in [5.41, 5.74) is 1.30. The average molecular weight is 407 g/mol. The lowest BCUT2D eigenvalue weighted by atomic mass is 9.74. The minimum absolute atomic E-state index is 0.0217. The summed E-state index contributed by atoms with van der Waals surface area (Å²) >= 11 is 0. The molecule has 1 N–H and O–H groups in total. The third-order valence-electron chi connectivity index (χ3n) is 6.42. The monoisotopic (exact) mass is 407 g/mol. The van der Waals surface area contributed by atoms with Crippen molar-refractivity contribution in [2.45, 2.75) is 58.4 Å². The van der Waals surface area contributed by atoms with Crippen LogP contribution < -0.4 is 0 Å². The Hall–Kier alpha value is -3.01. The fraction of sp³-hybridized carbons (Fsp3) is 0.478. The smallest absolute Gasteiger partial charge is 0.181 e. The second kappa shape index (κ2) is 8.39. The van der Waals surface area contributed by atoms with Gasteiger partial charge in [-0.1, -0.05) is 19.8 Å². The number of nitrogens with zero attached hydrogens (tertiary/aromatic N) is 4. The van der Waals surface area contributed by atoms with E-state index in [9.17, 15) is 9.18 Å². The van der Waals surface area contributed by atoms with E-state index in [-0.39, 0.29) is 22.8 Å². The van der Waals surface area contributed by atoms with Crippen LogP contribution >= 0.6 is 0 Å². The molecule has 0 radical (unpaired) electrons. The number of aromatic nitrogens is 4. The van der Waals surface area contributed by atoms with Crippen LogP contribution in [0.25, 0.3) is 11.0 Å². The molecule has 0 unspecified atom stereocenters. The van der Waals surface area contributed by atoms with Crippen LogP contribution in [0.4, 0.5) is 4.39 Å². The zero-order valence-corrected chi connectivity index (χ0v) is 17.4. The summed E-state index contributed by atoms with van der Waals surface area (Å²) in [5, 5.41) is 13.3. The van der Waals surface area contributed by atoms with E-state index in [1.807, 2.05) is 13.0 Å². The molecule has 1 atom stereocenters. The van der Waals surface area contributed by atoms with Gasteiger partial charge in [0.2, 0.25) is 0 Å². The van der Waals surface area contributed by atoms with Gasteiger partial charge in [0, 0.05) is 25.1 Å². The summed E-state index contributed by atoms with van der Waals surface area (Å²) in [6.45, 7) is 4.85. The molecular weight excluding hydrogens is 381 g/mol. The van der Waals surface area contributed by atoms with Crippen molar-refractivity contribution in [2.75, 3.05) is 0 Å². The molecule has 1 saturated carbocycles. The first-order valence-corrected chi connectivity index (χ1v) is 10.6. The highest BCUT2D eigenvalue weighted by Gasteiger charge is 2.32. The minimum Gasteiger partial charge on any atom is -0.342 e. The van der Waals surface area contributed by atoms with Crippen molar-refractivity contribution in [3.8, 4) is 6.07 Å². The van der Waals surface area contributed by atoms with Crippen molar-refractivity contribution in [1.29, 1.82) is 5.26 Å². The predicted molar refractivity (Wildman–Crippen MR) is 111 cm³/mol. The summed E-state index contributed by atoms with van der Waals surface area (Å²) in [6.07, 6.45) is 6.24. The number of halogens is 1. The molecular formula is C23H26FN5O. The van der Waals surface area contributed by atoms with Gasteiger partial charge in [0.05, 0.1) is 11.1 Å². The van der Waals surface area contributed by atoms with Gasteiger partial charge in [-0.15, -0.1) is 0 Å². The highest BCUT2D eigenvalue weighted by atomic mass is 19.1. The molecule has 2 heterocycles. The maximum atomic E-state index is 14.6. The molecule has 0 saturated heterocycles. The standard InChI is InChI=1S/C23H26FN5O/c1-3-29-19(10-11-26-29)20(30)12-17(15-6-4-14(2)5-7-15)23-27-18-9-8-16(13-25)21(24)22(18)28-23/h8-11,14-15,17H,3-7,12H2,1-2H3,(H,27,28)/t14?,15?,17-/m0/s1. The molecule has 3 aromatic rings. The zero-order chi connectivity index (χ0) is 21.3. The second-order valence-electron chi connectivity index (χ2n) is 8.34. The first-order valence-electron chi connectivity index (χ1n) is 10.6. The topological polar surface area (TPSA) is 87.4 Å². The summed E-state index contributed by atoms with van der Waals surface area (Å²) < 4.78 is 16.3. The van der Waals surface area contributed by atoms with E-state index >= 15 is 0 Å². The summed E-state index contributed by atoms with van der Waals surface area (Å²) in [6, 6.07) is 6.76. The number of hydrogen-bond acceptors (Lipinski definition) is 4. The minimum atomic E-state index is -0.607. The van der Waals surface area contributed by atoms with Crippen LogP contribution in [0.1, 0.15) is 73.7 Å². The molecule has 1 fully saturated rings. The Labute approximate surface area is 175 Å². The van der Waals surface area contributed by atoms with Gasteiger partial charge >= 0.3 is 0 Å². The highest BCUT2D eigenvalue weighted by Crippen LogP contribution is 2.40. The quantitative estimate of drug-likeness (QED) is 0.584. The van der Waals surface area contributed by atoms with Gasteiger partial charge in [-0.3, -0.25) is 9.48 Å². The first-order chi connectivity index (χ1) is 14.5. The Morgan fingerprint density at radius 1 is 1.33 bits per heavy atom. The number of imidazole rings is 1. The maximum absolute atomic E-state index is 14.6. The molecule has 7 heteroatoms. The number of fused-ring (bicyclic) bond motifs is 1. The predicted octanol–water partition coefficient (Wildman–Crippen LogP) is 4.97. The van der Waals surface area contributed by atoms with Crippen molar-refractivity contribution >= 4 is 16.8 Å². The van der Waals surface area contributed by atoms with Gasteiger partial charge in [0.1, 0.15) is 23.1 Å². The van der Waals surface area contributed by atoms with Crippen LogP contribution in [0, 0.1) is 29.0 Å². The number of benzene rings is 1. The Morgan fingerprint density at radius 2 is 2.10 bits per heavy atom. The average Bonchev–Trinajstić information content (AvgIpc) is 3.40. The van der Waals surface area contributed by atoms with Crippen LogP contribution in [0.15, 0.2) is 24.4 Å². The van der Waals surface area contributed by atoms with E-state index in [0.717, 1.165) is 25.7 Å². The lowest BCUT2D eigenvalue weighted by Gasteiger charge is -2.31. The third kappa shape index (κ3) is 3.74. The zero-order valence-electron chi connectivity index (χ0n) is 17.4. The van der Waals surface area contributed by atoms with Gasteiger partial charge in [-0.05, 0) is 49.8 Å². The molecule has 0 spiro atoms. The third-order valence-corrected chi connectivity index (χ3v) is 6.42. The van der Waals surface area contributed by atoms with Crippen molar-refractivity contribution in [3.63, 3.8) is 0 Å². The maximum Gasteiger partial charge on any atom is 0.181 e. The summed E-state index contributed by atoms with van der Waals surface area (Å²) in [5.74, 6) is 0.921. The highest BCUT2D eigenvalue weighted by molar-refractivity contribution is 5.95. The lowest BCUT2D eigenvalue weighted by molar-refractivity contribution is 0.0942. The molecule has 0 bridgehead atoms. The molecule has 0 amide bonds. The van der Waals surface area contributed by atoms with E-state index in [4.69, 9.17) is 5.26 Å². The van der Waals surface area contributed by atoms with E-state index in [1.165, 1.54) is 6.07 Å². The van der Waals surface area contributed by atoms with Crippen molar-refractivity contribution in [2.24, 2.45) is 11.8 Å². The first kappa shape index (κ1) is 20.3. The van der Waals surface area contributed by atoms with E-state index < -0.39 is 5.82 Å². The largest absolute Gasteiger partial charge is 0.342 e. The number of hydrogen-bond donors (Lipinski definition) is 1. The second-order valence-corrected chi connectivity index (χ2v) is 8.34. The van der Waals surface area contributed by atoms with Gasteiger partial charge in [-0.2, -0.15) is 10.4 Å². The van der Waals surface area contributed by atoms with Crippen LogP contribution in [0.2, 0.25) is 0 Å². The molecule has 156 valence electrons. The fourth-order valence-corrected chi connectivity index (χ4v) is 4.62. The van der Waals surface area contributed by atoms with E-state index in [2.05, 4.69) is 22.0 Å². The van der Waals surface area contributed by atoms with E-state index in [1.54, 1.807) is 23.0 Å². The van der Waals surface area contributed by atoms with E-state index in [0.29, 0.717) is 41.8 Å². The molecule has 1 aliphatic rings. The normalized spacial score (nSPS) is 20.2.